The SMILES string of the molecule is COCCNC(=O)[C@@H]1CCCN(C2CCN(C(=O)c3cnn(C)c3)CC2)C1. The Hall–Kier alpha value is -1.93. The molecule has 2 aliphatic heterocycles. The summed E-state index contributed by atoms with van der Waals surface area (Å²) in [5.74, 6) is 0.266. The molecule has 2 saturated heterocycles. The van der Waals surface area contributed by atoms with Crippen molar-refractivity contribution in [1.82, 2.24) is 24.9 Å². The minimum Gasteiger partial charge on any atom is -0.383 e. The summed E-state index contributed by atoms with van der Waals surface area (Å²) >= 11 is 0. The molecule has 0 unspecified atom stereocenters. The van der Waals surface area contributed by atoms with E-state index in [1.807, 2.05) is 11.9 Å². The number of likely N-dealkylation sites (tertiary alicyclic amines) is 2. The number of nitrogens with zero attached hydrogens (tertiary/aromatic N) is 4. The van der Waals surface area contributed by atoms with Gasteiger partial charge in [0.2, 0.25) is 5.91 Å². The molecule has 0 aromatic carbocycles. The number of hydrogen-bond donors (Lipinski definition) is 1. The molecule has 2 fully saturated rings. The molecule has 0 saturated carbocycles. The molecule has 3 heterocycles. The first-order valence-electron chi connectivity index (χ1n) is 9.87. The molecule has 2 aliphatic rings. The first kappa shape index (κ1) is 19.8. The minimum atomic E-state index is 0.0608. The number of carbonyl (C=O) groups excluding carboxylic acids is 2. The summed E-state index contributed by atoms with van der Waals surface area (Å²) in [7, 11) is 3.46. The first-order chi connectivity index (χ1) is 13.1. The largest absolute Gasteiger partial charge is 0.383 e. The van der Waals surface area contributed by atoms with Crippen LogP contribution < -0.4 is 5.32 Å². The molecule has 2 amide bonds. The fraction of sp³-hybridized carbons (Fsp3) is 0.737. The van der Waals surface area contributed by atoms with Crippen LogP contribution in [0.5, 0.6) is 0 Å². The Labute approximate surface area is 160 Å². The smallest absolute Gasteiger partial charge is 0.257 e. The maximum absolute atomic E-state index is 12.6. The monoisotopic (exact) mass is 377 g/mol. The third kappa shape index (κ3) is 5.07. The number of ether oxygens (including phenoxy) is 1. The van der Waals surface area contributed by atoms with Gasteiger partial charge in [-0.3, -0.25) is 19.2 Å². The summed E-state index contributed by atoms with van der Waals surface area (Å²) in [4.78, 5) is 29.3. The van der Waals surface area contributed by atoms with Gasteiger partial charge in [-0.05, 0) is 32.2 Å². The summed E-state index contributed by atoms with van der Waals surface area (Å²) in [5, 5.41) is 7.06. The molecule has 1 N–H and O–H groups in total. The van der Waals surface area contributed by atoms with E-state index in [-0.39, 0.29) is 17.7 Å². The fourth-order valence-corrected chi connectivity index (χ4v) is 4.12. The van der Waals surface area contributed by atoms with Crippen molar-refractivity contribution in [3.8, 4) is 0 Å². The van der Waals surface area contributed by atoms with Crippen LogP contribution in [-0.4, -0.2) is 83.9 Å². The zero-order valence-electron chi connectivity index (χ0n) is 16.4. The van der Waals surface area contributed by atoms with Gasteiger partial charge in [0.15, 0.2) is 0 Å². The number of carbonyl (C=O) groups is 2. The maximum Gasteiger partial charge on any atom is 0.257 e. The van der Waals surface area contributed by atoms with Gasteiger partial charge in [-0.2, -0.15) is 5.10 Å². The molecule has 1 atom stereocenters. The molecule has 0 bridgehead atoms. The van der Waals surface area contributed by atoms with Gasteiger partial charge < -0.3 is 15.0 Å². The molecule has 8 heteroatoms. The maximum atomic E-state index is 12.6. The predicted molar refractivity (Wildman–Crippen MR) is 101 cm³/mol. The van der Waals surface area contributed by atoms with Crippen LogP contribution in [0.1, 0.15) is 36.0 Å². The highest BCUT2D eigenvalue weighted by Gasteiger charge is 2.32. The topological polar surface area (TPSA) is 79.7 Å². The highest BCUT2D eigenvalue weighted by atomic mass is 16.5. The molecule has 0 spiro atoms. The van der Waals surface area contributed by atoms with Crippen molar-refractivity contribution in [1.29, 1.82) is 0 Å². The van der Waals surface area contributed by atoms with Gasteiger partial charge >= 0.3 is 0 Å². The van der Waals surface area contributed by atoms with Crippen molar-refractivity contribution < 1.29 is 14.3 Å². The standard InChI is InChI=1S/C19H31N5O3/c1-22-13-16(12-21-22)19(26)23-9-5-17(6-10-23)24-8-3-4-15(14-24)18(25)20-7-11-27-2/h12-13,15,17H,3-11,14H2,1-2H3,(H,20,25)/t15-/m1/s1. The molecule has 27 heavy (non-hydrogen) atoms. The quantitative estimate of drug-likeness (QED) is 0.731. The minimum absolute atomic E-state index is 0.0608. The zero-order chi connectivity index (χ0) is 19.2. The number of aryl methyl sites for hydroxylation is 1. The summed E-state index contributed by atoms with van der Waals surface area (Å²) in [6, 6.07) is 0.456. The Morgan fingerprint density at radius 2 is 2.04 bits per heavy atom. The Morgan fingerprint density at radius 3 is 2.70 bits per heavy atom. The van der Waals surface area contributed by atoms with Gasteiger partial charge in [-0.15, -0.1) is 0 Å². The molecule has 1 aromatic rings. The molecule has 0 aliphatic carbocycles. The third-order valence-corrected chi connectivity index (χ3v) is 5.65. The van der Waals surface area contributed by atoms with Crippen LogP contribution in [0.4, 0.5) is 0 Å². The third-order valence-electron chi connectivity index (χ3n) is 5.65. The van der Waals surface area contributed by atoms with Crippen LogP contribution in [-0.2, 0) is 16.6 Å². The van der Waals surface area contributed by atoms with Gasteiger partial charge in [0.25, 0.3) is 5.91 Å². The molecule has 3 rings (SSSR count). The highest BCUT2D eigenvalue weighted by molar-refractivity contribution is 5.93. The van der Waals surface area contributed by atoms with Crippen molar-refractivity contribution in [3.63, 3.8) is 0 Å². The lowest BCUT2D eigenvalue weighted by Crippen LogP contribution is -2.51. The normalized spacial score (nSPS) is 22.0. The summed E-state index contributed by atoms with van der Waals surface area (Å²) < 4.78 is 6.65. The van der Waals surface area contributed by atoms with E-state index in [2.05, 4.69) is 15.3 Å². The summed E-state index contributed by atoms with van der Waals surface area (Å²) in [5.41, 5.74) is 0.654. The van der Waals surface area contributed by atoms with Crippen molar-refractivity contribution >= 4 is 11.8 Å². The average Bonchev–Trinajstić information content (AvgIpc) is 3.14. The van der Waals surface area contributed by atoms with E-state index in [4.69, 9.17) is 4.74 Å². The summed E-state index contributed by atoms with van der Waals surface area (Å²) in [6.45, 7) is 4.51. The van der Waals surface area contributed by atoms with Crippen LogP contribution in [0.3, 0.4) is 0 Å². The number of nitrogens with one attached hydrogen (secondary N) is 1. The molecule has 150 valence electrons. The van der Waals surface area contributed by atoms with E-state index >= 15 is 0 Å². The van der Waals surface area contributed by atoms with Crippen LogP contribution >= 0.6 is 0 Å². The van der Waals surface area contributed by atoms with Gasteiger partial charge in [0.1, 0.15) is 0 Å². The van der Waals surface area contributed by atoms with E-state index in [1.54, 1.807) is 24.2 Å². The average molecular weight is 377 g/mol. The van der Waals surface area contributed by atoms with Gasteiger partial charge in [-0.25, -0.2) is 0 Å². The predicted octanol–water partition coefficient (Wildman–Crippen LogP) is 0.499. The summed E-state index contributed by atoms with van der Waals surface area (Å²) in [6.07, 6.45) is 7.33. The van der Waals surface area contributed by atoms with Crippen molar-refractivity contribution in [3.05, 3.63) is 18.0 Å². The lowest BCUT2D eigenvalue weighted by Gasteiger charge is -2.42. The van der Waals surface area contributed by atoms with Crippen molar-refractivity contribution in [2.75, 3.05) is 46.4 Å². The van der Waals surface area contributed by atoms with Crippen LogP contribution in [0.2, 0.25) is 0 Å². The van der Waals surface area contributed by atoms with E-state index in [0.29, 0.717) is 24.8 Å². The lowest BCUT2D eigenvalue weighted by molar-refractivity contribution is -0.127. The van der Waals surface area contributed by atoms with Gasteiger partial charge in [0.05, 0.1) is 24.3 Å². The molecular formula is C19H31N5O3. The van der Waals surface area contributed by atoms with E-state index < -0.39 is 0 Å². The molecule has 8 nitrogen and oxygen atoms in total. The molecule has 0 radical (unpaired) electrons. The number of piperidine rings is 2. The second kappa shape index (κ2) is 9.32. The Kier molecular flexibility index (Phi) is 6.84. The zero-order valence-corrected chi connectivity index (χ0v) is 16.4. The molecular weight excluding hydrogens is 346 g/mol. The second-order valence-corrected chi connectivity index (χ2v) is 7.54. The Balaban J connectivity index is 1.47. The van der Waals surface area contributed by atoms with Crippen LogP contribution in [0, 0.1) is 5.92 Å². The fourth-order valence-electron chi connectivity index (χ4n) is 4.12. The second-order valence-electron chi connectivity index (χ2n) is 7.54. The van der Waals surface area contributed by atoms with Crippen LogP contribution in [0.15, 0.2) is 12.4 Å². The number of aromatic nitrogens is 2. The van der Waals surface area contributed by atoms with E-state index in [9.17, 15) is 9.59 Å². The molecule has 1 aromatic heterocycles. The van der Waals surface area contributed by atoms with Crippen LogP contribution in [0.25, 0.3) is 0 Å². The highest BCUT2D eigenvalue weighted by Crippen LogP contribution is 2.24. The van der Waals surface area contributed by atoms with Crippen molar-refractivity contribution in [2.24, 2.45) is 13.0 Å². The van der Waals surface area contributed by atoms with Crippen molar-refractivity contribution in [2.45, 2.75) is 31.7 Å². The van der Waals surface area contributed by atoms with E-state index in [1.165, 1.54) is 0 Å². The lowest BCUT2D eigenvalue weighted by atomic mass is 9.93. The Bertz CT molecular complexity index is 639. The van der Waals surface area contributed by atoms with Gasteiger partial charge in [0, 0.05) is 52.6 Å². The number of rotatable bonds is 6. The number of hydrogen-bond acceptors (Lipinski definition) is 5. The number of methoxy groups -OCH3 is 1. The first-order valence-corrected chi connectivity index (χ1v) is 9.87. The number of amides is 2. The van der Waals surface area contributed by atoms with E-state index in [0.717, 1.165) is 51.9 Å². The Morgan fingerprint density at radius 1 is 1.26 bits per heavy atom. The van der Waals surface area contributed by atoms with Gasteiger partial charge in [-0.1, -0.05) is 0 Å².